The van der Waals surface area contributed by atoms with Crippen LogP contribution in [0.1, 0.15) is 23.7 Å². The van der Waals surface area contributed by atoms with Gasteiger partial charge >= 0.3 is 0 Å². The van der Waals surface area contributed by atoms with E-state index in [9.17, 15) is 9.18 Å². The molecule has 0 saturated carbocycles. The second-order valence-electron chi connectivity index (χ2n) is 3.36. The molecule has 0 aliphatic rings. The van der Waals surface area contributed by atoms with E-state index >= 15 is 0 Å². The summed E-state index contributed by atoms with van der Waals surface area (Å²) in [6.07, 6.45) is 0.699. The van der Waals surface area contributed by atoms with Gasteiger partial charge in [-0.05, 0) is 24.6 Å². The minimum Gasteiger partial charge on any atom is -0.348 e. The molecule has 0 aromatic heterocycles. The van der Waals surface area contributed by atoms with Crippen molar-refractivity contribution in [2.24, 2.45) is 0 Å². The van der Waals surface area contributed by atoms with Crippen LogP contribution in [0, 0.1) is 5.82 Å². The van der Waals surface area contributed by atoms with Crippen molar-refractivity contribution in [3.8, 4) is 0 Å². The van der Waals surface area contributed by atoms with Crippen molar-refractivity contribution in [2.75, 3.05) is 5.88 Å². The van der Waals surface area contributed by atoms with E-state index in [4.69, 9.17) is 23.2 Å². The van der Waals surface area contributed by atoms with Gasteiger partial charge in [0.2, 0.25) is 0 Å². The number of rotatable bonds is 4. The summed E-state index contributed by atoms with van der Waals surface area (Å²) in [6.45, 7) is 1.89. The van der Waals surface area contributed by atoms with Crippen molar-refractivity contribution in [3.05, 3.63) is 34.6 Å². The maximum Gasteiger partial charge on any atom is 0.254 e. The molecule has 0 radical (unpaired) electrons. The molecule has 1 rings (SSSR count). The highest BCUT2D eigenvalue weighted by molar-refractivity contribution is 6.30. The fourth-order valence-corrected chi connectivity index (χ4v) is 1.64. The lowest BCUT2D eigenvalue weighted by atomic mass is 10.1. The van der Waals surface area contributed by atoms with Gasteiger partial charge < -0.3 is 5.32 Å². The van der Waals surface area contributed by atoms with Crippen molar-refractivity contribution in [2.45, 2.75) is 19.4 Å². The van der Waals surface area contributed by atoms with Gasteiger partial charge in [0.1, 0.15) is 5.82 Å². The molecule has 1 amide bonds. The van der Waals surface area contributed by atoms with E-state index in [1.54, 1.807) is 0 Å². The maximum atomic E-state index is 13.4. The minimum absolute atomic E-state index is 0.0204. The molecule has 0 heterocycles. The first-order valence-corrected chi connectivity index (χ1v) is 5.81. The van der Waals surface area contributed by atoms with Gasteiger partial charge in [0.25, 0.3) is 5.91 Å². The summed E-state index contributed by atoms with van der Waals surface area (Å²) in [7, 11) is 0. The highest BCUT2D eigenvalue weighted by atomic mass is 35.5. The summed E-state index contributed by atoms with van der Waals surface area (Å²) >= 11 is 11.2. The number of carbonyl (C=O) groups is 1. The quantitative estimate of drug-likeness (QED) is 0.831. The van der Waals surface area contributed by atoms with Crippen molar-refractivity contribution in [1.29, 1.82) is 0 Å². The lowest BCUT2D eigenvalue weighted by molar-refractivity contribution is 0.0935. The fourth-order valence-electron chi connectivity index (χ4n) is 1.19. The zero-order valence-electron chi connectivity index (χ0n) is 8.77. The summed E-state index contributed by atoms with van der Waals surface area (Å²) in [5.41, 5.74) is -0.0204. The Morgan fingerprint density at radius 3 is 2.75 bits per heavy atom. The Labute approximate surface area is 104 Å². The molecule has 0 bridgehead atoms. The predicted molar refractivity (Wildman–Crippen MR) is 63.7 cm³/mol. The molecular formula is C11H12Cl2FNO. The third-order valence-electron chi connectivity index (χ3n) is 2.19. The van der Waals surface area contributed by atoms with Crippen LogP contribution in [0.4, 0.5) is 4.39 Å². The SMILES string of the molecule is CCC(CCl)NC(=O)c1ccc(Cl)cc1F. The van der Waals surface area contributed by atoms with Crippen molar-refractivity contribution in [3.63, 3.8) is 0 Å². The summed E-state index contributed by atoms with van der Waals surface area (Å²) in [5.74, 6) is -0.798. The molecule has 16 heavy (non-hydrogen) atoms. The average Bonchev–Trinajstić information content (AvgIpc) is 2.25. The highest BCUT2D eigenvalue weighted by Gasteiger charge is 2.15. The van der Waals surface area contributed by atoms with Crippen LogP contribution in [0.5, 0.6) is 0 Å². The molecule has 1 unspecified atom stereocenters. The molecule has 5 heteroatoms. The number of amides is 1. The zero-order chi connectivity index (χ0) is 12.1. The molecule has 1 aromatic rings. The molecule has 1 atom stereocenters. The molecule has 1 N–H and O–H groups in total. The molecule has 1 aromatic carbocycles. The first kappa shape index (κ1) is 13.3. The maximum absolute atomic E-state index is 13.4. The second kappa shape index (κ2) is 6.06. The number of hydrogen-bond donors (Lipinski definition) is 1. The summed E-state index contributed by atoms with van der Waals surface area (Å²) in [4.78, 5) is 11.7. The molecule has 0 aliphatic heterocycles. The molecule has 0 spiro atoms. The van der Waals surface area contributed by atoms with Crippen LogP contribution in [-0.4, -0.2) is 17.8 Å². The van der Waals surface area contributed by atoms with Crippen molar-refractivity contribution >= 4 is 29.1 Å². The van der Waals surface area contributed by atoms with E-state index in [1.807, 2.05) is 6.92 Å². The number of benzene rings is 1. The van der Waals surface area contributed by atoms with Crippen LogP contribution in [0.2, 0.25) is 5.02 Å². The van der Waals surface area contributed by atoms with Crippen LogP contribution < -0.4 is 5.32 Å². The van der Waals surface area contributed by atoms with E-state index in [-0.39, 0.29) is 16.6 Å². The summed E-state index contributed by atoms with van der Waals surface area (Å²) < 4.78 is 13.4. The third-order valence-corrected chi connectivity index (χ3v) is 2.80. The third kappa shape index (κ3) is 3.35. The zero-order valence-corrected chi connectivity index (χ0v) is 10.3. The standard InChI is InChI=1S/C11H12Cl2FNO/c1-2-8(6-12)15-11(16)9-4-3-7(13)5-10(9)14/h3-5,8H,2,6H2,1H3,(H,15,16). The summed E-state index contributed by atoms with van der Waals surface area (Å²) in [6, 6.07) is 3.79. The van der Waals surface area contributed by atoms with Crippen LogP contribution >= 0.6 is 23.2 Å². The smallest absolute Gasteiger partial charge is 0.254 e. The Morgan fingerprint density at radius 1 is 1.56 bits per heavy atom. The molecule has 0 aliphatic carbocycles. The molecule has 2 nitrogen and oxygen atoms in total. The Kier molecular flexibility index (Phi) is 5.03. The first-order valence-electron chi connectivity index (χ1n) is 4.90. The van der Waals surface area contributed by atoms with Gasteiger partial charge in [0.15, 0.2) is 0 Å². The molecular weight excluding hydrogens is 252 g/mol. The lowest BCUT2D eigenvalue weighted by Crippen LogP contribution is -2.36. The average molecular weight is 264 g/mol. The topological polar surface area (TPSA) is 29.1 Å². The van der Waals surface area contributed by atoms with E-state index in [0.717, 1.165) is 6.07 Å². The van der Waals surface area contributed by atoms with Gasteiger partial charge in [-0.1, -0.05) is 18.5 Å². The fraction of sp³-hybridized carbons (Fsp3) is 0.364. The van der Waals surface area contributed by atoms with Gasteiger partial charge in [-0.2, -0.15) is 0 Å². The number of nitrogens with one attached hydrogen (secondary N) is 1. The van der Waals surface area contributed by atoms with E-state index in [1.165, 1.54) is 12.1 Å². The van der Waals surface area contributed by atoms with E-state index in [2.05, 4.69) is 5.32 Å². The van der Waals surface area contributed by atoms with Crippen LogP contribution in [0.3, 0.4) is 0 Å². The van der Waals surface area contributed by atoms with Crippen molar-refractivity contribution < 1.29 is 9.18 Å². The van der Waals surface area contributed by atoms with Crippen molar-refractivity contribution in [1.82, 2.24) is 5.32 Å². The Hall–Kier alpha value is -0.800. The normalized spacial score (nSPS) is 12.2. The van der Waals surface area contributed by atoms with Gasteiger partial charge in [-0.15, -0.1) is 11.6 Å². The Morgan fingerprint density at radius 2 is 2.25 bits per heavy atom. The van der Waals surface area contributed by atoms with Gasteiger partial charge in [-0.3, -0.25) is 4.79 Å². The monoisotopic (exact) mass is 263 g/mol. The van der Waals surface area contributed by atoms with Gasteiger partial charge in [0, 0.05) is 16.9 Å². The van der Waals surface area contributed by atoms with Crippen LogP contribution in [-0.2, 0) is 0 Å². The second-order valence-corrected chi connectivity index (χ2v) is 4.10. The minimum atomic E-state index is -0.630. The van der Waals surface area contributed by atoms with E-state index in [0.29, 0.717) is 12.3 Å². The predicted octanol–water partition coefficient (Wildman–Crippen LogP) is 3.23. The Bertz CT molecular complexity index is 380. The van der Waals surface area contributed by atoms with Gasteiger partial charge in [-0.25, -0.2) is 4.39 Å². The van der Waals surface area contributed by atoms with E-state index < -0.39 is 11.7 Å². The number of halogens is 3. The lowest BCUT2D eigenvalue weighted by Gasteiger charge is -2.13. The molecule has 88 valence electrons. The number of alkyl halides is 1. The highest BCUT2D eigenvalue weighted by Crippen LogP contribution is 2.14. The molecule has 0 saturated heterocycles. The molecule has 0 fully saturated rings. The van der Waals surface area contributed by atoms with Crippen LogP contribution in [0.25, 0.3) is 0 Å². The van der Waals surface area contributed by atoms with Crippen LogP contribution in [0.15, 0.2) is 18.2 Å². The largest absolute Gasteiger partial charge is 0.348 e. The Balaban J connectivity index is 2.80. The number of carbonyl (C=O) groups excluding carboxylic acids is 1. The first-order chi connectivity index (χ1) is 7.58. The number of hydrogen-bond acceptors (Lipinski definition) is 1. The van der Waals surface area contributed by atoms with Gasteiger partial charge in [0.05, 0.1) is 5.56 Å². The summed E-state index contributed by atoms with van der Waals surface area (Å²) in [5, 5.41) is 2.90.